The van der Waals surface area contributed by atoms with Crippen molar-refractivity contribution in [2.24, 2.45) is 0 Å². The van der Waals surface area contributed by atoms with Crippen LogP contribution in [0, 0.1) is 0 Å². The standard InChI is InChI=1S/C5H15NO3Si/c1-3-4-5-6-9-10(2,7)8/h6-8H,3-5H2,1-2H3. The first kappa shape index (κ1) is 10.1. The van der Waals surface area contributed by atoms with Gasteiger partial charge in [-0.2, -0.15) is 0 Å². The maximum atomic E-state index is 8.73. The van der Waals surface area contributed by atoms with Gasteiger partial charge in [-0.1, -0.05) is 13.3 Å². The van der Waals surface area contributed by atoms with E-state index in [0.29, 0.717) is 6.54 Å². The number of hydrogen-bond acceptors (Lipinski definition) is 4. The predicted molar refractivity (Wildman–Crippen MR) is 40.1 cm³/mol. The third kappa shape index (κ3) is 8.06. The van der Waals surface area contributed by atoms with Crippen LogP contribution in [0.25, 0.3) is 0 Å². The maximum Gasteiger partial charge on any atom is 0.509 e. The summed E-state index contributed by atoms with van der Waals surface area (Å²) >= 11 is 0. The van der Waals surface area contributed by atoms with Crippen LogP contribution in [-0.4, -0.2) is 24.9 Å². The van der Waals surface area contributed by atoms with Crippen LogP contribution in [-0.2, 0) is 4.53 Å². The lowest BCUT2D eigenvalue weighted by Crippen LogP contribution is -2.40. The van der Waals surface area contributed by atoms with Gasteiger partial charge in [0, 0.05) is 13.1 Å². The summed E-state index contributed by atoms with van der Waals surface area (Å²) in [7, 11) is -3.32. The van der Waals surface area contributed by atoms with Gasteiger partial charge in [0.2, 0.25) is 0 Å². The molecule has 0 rings (SSSR count). The monoisotopic (exact) mass is 165 g/mol. The Labute approximate surface area is 62.2 Å². The molecule has 0 aliphatic rings. The summed E-state index contributed by atoms with van der Waals surface area (Å²) in [6.07, 6.45) is 2.04. The van der Waals surface area contributed by atoms with Gasteiger partial charge in [-0.25, -0.2) is 5.48 Å². The molecule has 0 saturated carbocycles. The average molecular weight is 165 g/mol. The number of hydrogen-bond donors (Lipinski definition) is 3. The Morgan fingerprint density at radius 2 is 2.10 bits per heavy atom. The van der Waals surface area contributed by atoms with E-state index in [1.807, 2.05) is 0 Å². The molecule has 10 heavy (non-hydrogen) atoms. The largest absolute Gasteiger partial charge is 0.509 e. The van der Waals surface area contributed by atoms with Crippen molar-refractivity contribution >= 4 is 8.80 Å². The maximum absolute atomic E-state index is 8.73. The number of rotatable bonds is 5. The Morgan fingerprint density at radius 3 is 2.50 bits per heavy atom. The first-order valence-corrected chi connectivity index (χ1v) is 5.72. The molecule has 0 radical (unpaired) electrons. The van der Waals surface area contributed by atoms with Crippen molar-refractivity contribution in [1.82, 2.24) is 5.48 Å². The first-order chi connectivity index (χ1) is 4.56. The molecule has 0 aromatic rings. The molecule has 62 valence electrons. The Balaban J connectivity index is 3.04. The van der Waals surface area contributed by atoms with Crippen molar-refractivity contribution in [2.45, 2.75) is 26.3 Å². The first-order valence-electron chi connectivity index (χ1n) is 3.42. The van der Waals surface area contributed by atoms with Gasteiger partial charge in [0.25, 0.3) is 0 Å². The van der Waals surface area contributed by atoms with E-state index in [4.69, 9.17) is 9.59 Å². The summed E-state index contributed by atoms with van der Waals surface area (Å²) < 4.78 is 4.53. The lowest BCUT2D eigenvalue weighted by Gasteiger charge is -2.11. The molecule has 5 heteroatoms. The fraction of sp³-hybridized carbons (Fsp3) is 1.00. The molecule has 0 fully saturated rings. The summed E-state index contributed by atoms with van der Waals surface area (Å²) in [4.78, 5) is 17.5. The molecule has 0 aromatic carbocycles. The highest BCUT2D eigenvalue weighted by Crippen LogP contribution is 1.90. The van der Waals surface area contributed by atoms with E-state index in [9.17, 15) is 0 Å². The van der Waals surface area contributed by atoms with Crippen LogP contribution in [0.15, 0.2) is 0 Å². The normalized spacial score (nSPS) is 12.0. The molecule has 0 spiro atoms. The minimum absolute atomic E-state index is 0.667. The highest BCUT2D eigenvalue weighted by Gasteiger charge is 2.23. The number of hydroxylamine groups is 1. The SMILES string of the molecule is CCCCNO[Si](C)(O)O. The smallest absolute Gasteiger partial charge is 0.389 e. The molecule has 0 aromatic heterocycles. The zero-order valence-corrected chi connectivity index (χ0v) is 7.42. The molecular formula is C5H15NO3Si. The van der Waals surface area contributed by atoms with Crippen molar-refractivity contribution in [3.63, 3.8) is 0 Å². The summed E-state index contributed by atoms with van der Waals surface area (Å²) in [6.45, 7) is 4.00. The van der Waals surface area contributed by atoms with Crippen molar-refractivity contribution in [2.75, 3.05) is 6.54 Å². The van der Waals surface area contributed by atoms with Crippen LogP contribution >= 0.6 is 0 Å². The molecule has 0 aliphatic carbocycles. The fourth-order valence-corrected chi connectivity index (χ4v) is 0.812. The molecule has 0 bridgehead atoms. The second-order valence-electron chi connectivity index (χ2n) is 2.28. The summed E-state index contributed by atoms with van der Waals surface area (Å²) in [5.74, 6) is 0. The van der Waals surface area contributed by atoms with Crippen molar-refractivity contribution in [3.05, 3.63) is 0 Å². The minimum Gasteiger partial charge on any atom is -0.389 e. The van der Waals surface area contributed by atoms with Gasteiger partial charge in [0.1, 0.15) is 0 Å². The van der Waals surface area contributed by atoms with Gasteiger partial charge < -0.3 is 9.59 Å². The van der Waals surface area contributed by atoms with Crippen LogP contribution in [0.5, 0.6) is 0 Å². The average Bonchev–Trinajstić information content (AvgIpc) is 1.78. The van der Waals surface area contributed by atoms with Crippen LogP contribution in [0.4, 0.5) is 0 Å². The number of unbranched alkanes of at least 4 members (excludes halogenated alkanes) is 1. The Bertz CT molecular complexity index is 83.5. The molecule has 0 aliphatic heterocycles. The second-order valence-corrected chi connectivity index (χ2v) is 4.36. The molecule has 0 amide bonds. The highest BCUT2D eigenvalue weighted by molar-refractivity contribution is 6.55. The zero-order valence-electron chi connectivity index (χ0n) is 6.42. The van der Waals surface area contributed by atoms with E-state index < -0.39 is 8.80 Å². The van der Waals surface area contributed by atoms with Crippen molar-refractivity contribution in [3.8, 4) is 0 Å². The van der Waals surface area contributed by atoms with Crippen LogP contribution < -0.4 is 5.48 Å². The third-order valence-electron chi connectivity index (χ3n) is 0.898. The summed E-state index contributed by atoms with van der Waals surface area (Å²) in [5.41, 5.74) is 2.49. The Kier molecular flexibility index (Phi) is 4.84. The summed E-state index contributed by atoms with van der Waals surface area (Å²) in [5, 5.41) is 0. The predicted octanol–water partition coefficient (Wildman–Crippen LogP) is -0.139. The van der Waals surface area contributed by atoms with Gasteiger partial charge in [-0.15, -0.1) is 0 Å². The van der Waals surface area contributed by atoms with E-state index in [1.165, 1.54) is 6.55 Å². The molecule has 0 saturated heterocycles. The lowest BCUT2D eigenvalue weighted by molar-refractivity contribution is 0.0845. The van der Waals surface area contributed by atoms with Crippen LogP contribution in [0.3, 0.4) is 0 Å². The topological polar surface area (TPSA) is 61.7 Å². The van der Waals surface area contributed by atoms with Gasteiger partial charge in [-0.3, -0.25) is 4.53 Å². The van der Waals surface area contributed by atoms with Crippen molar-refractivity contribution in [1.29, 1.82) is 0 Å². The van der Waals surface area contributed by atoms with E-state index >= 15 is 0 Å². The molecule has 0 unspecified atom stereocenters. The molecular weight excluding hydrogens is 150 g/mol. The Hall–Kier alpha value is 0.0569. The van der Waals surface area contributed by atoms with Gasteiger partial charge >= 0.3 is 8.80 Å². The summed E-state index contributed by atoms with van der Waals surface area (Å²) in [6, 6.07) is 0. The molecule has 0 atom stereocenters. The van der Waals surface area contributed by atoms with E-state index in [1.54, 1.807) is 0 Å². The van der Waals surface area contributed by atoms with Crippen LogP contribution in [0.1, 0.15) is 19.8 Å². The molecule has 0 heterocycles. The second kappa shape index (κ2) is 4.81. The zero-order chi connectivity index (χ0) is 8.04. The fourth-order valence-electron chi connectivity index (χ4n) is 0.437. The van der Waals surface area contributed by atoms with E-state index in [-0.39, 0.29) is 0 Å². The van der Waals surface area contributed by atoms with Gasteiger partial charge in [-0.05, 0) is 6.42 Å². The van der Waals surface area contributed by atoms with E-state index in [0.717, 1.165) is 12.8 Å². The van der Waals surface area contributed by atoms with Crippen LogP contribution in [0.2, 0.25) is 6.55 Å². The lowest BCUT2D eigenvalue weighted by atomic mass is 10.3. The molecule has 3 N–H and O–H groups in total. The number of nitrogens with one attached hydrogen (secondary N) is 1. The van der Waals surface area contributed by atoms with E-state index in [2.05, 4.69) is 16.9 Å². The third-order valence-corrected chi connectivity index (χ3v) is 1.43. The highest BCUT2D eigenvalue weighted by atomic mass is 28.4. The van der Waals surface area contributed by atoms with Crippen molar-refractivity contribution < 1.29 is 14.1 Å². The van der Waals surface area contributed by atoms with Gasteiger partial charge in [0.15, 0.2) is 0 Å². The Morgan fingerprint density at radius 1 is 1.50 bits per heavy atom. The molecule has 4 nitrogen and oxygen atoms in total. The van der Waals surface area contributed by atoms with Gasteiger partial charge in [0.05, 0.1) is 0 Å². The minimum atomic E-state index is -3.32. The quantitative estimate of drug-likeness (QED) is 0.301.